The number of anilines is 1. The largest absolute Gasteiger partial charge is 0.494 e. The molecule has 2 aromatic rings. The zero-order chi connectivity index (χ0) is 23.4. The molecule has 2 unspecified atom stereocenters. The molecule has 0 spiro atoms. The minimum Gasteiger partial charge on any atom is -0.494 e. The van der Waals surface area contributed by atoms with E-state index in [1.807, 2.05) is 20.8 Å². The highest BCUT2D eigenvalue weighted by Crippen LogP contribution is 2.21. The molecule has 1 saturated heterocycles. The van der Waals surface area contributed by atoms with Crippen LogP contribution >= 0.6 is 0 Å². The predicted molar refractivity (Wildman–Crippen MR) is 112 cm³/mol. The first-order valence-corrected chi connectivity index (χ1v) is 9.84. The summed E-state index contributed by atoms with van der Waals surface area (Å²) in [7, 11) is 2.57. The Morgan fingerprint density at radius 3 is 2.42 bits per heavy atom. The third-order valence-corrected chi connectivity index (χ3v) is 4.08. The number of methoxy groups -OCH3 is 2. The number of halogens is 2. The van der Waals surface area contributed by atoms with Crippen LogP contribution < -0.4 is 10.1 Å². The predicted octanol–water partition coefficient (Wildman–Crippen LogP) is 4.37. The number of rotatable bonds is 4. The zero-order valence-electron chi connectivity index (χ0n) is 18.3. The van der Waals surface area contributed by atoms with Crippen molar-refractivity contribution < 1.29 is 32.6 Å². The second kappa shape index (κ2) is 13.3. The average Bonchev–Trinajstić information content (AvgIpc) is 3.23. The number of esters is 1. The van der Waals surface area contributed by atoms with Crippen LogP contribution in [-0.4, -0.2) is 43.3 Å². The van der Waals surface area contributed by atoms with E-state index >= 15 is 0 Å². The smallest absolute Gasteiger partial charge is 0.356 e. The highest BCUT2D eigenvalue weighted by atomic mass is 19.2. The van der Waals surface area contributed by atoms with Gasteiger partial charge in [0.2, 0.25) is 5.82 Å². The first-order valence-electron chi connectivity index (χ1n) is 9.84. The van der Waals surface area contributed by atoms with Gasteiger partial charge in [0.1, 0.15) is 11.8 Å². The van der Waals surface area contributed by atoms with Gasteiger partial charge in [-0.2, -0.15) is 4.39 Å². The molecule has 1 aromatic heterocycles. The van der Waals surface area contributed by atoms with Gasteiger partial charge in [-0.25, -0.2) is 14.2 Å². The van der Waals surface area contributed by atoms with E-state index in [0.29, 0.717) is 12.1 Å². The number of ether oxygens (including phenoxy) is 3. The summed E-state index contributed by atoms with van der Waals surface area (Å²) in [5, 5.41) is 2.71. The molecule has 1 aromatic carbocycles. The van der Waals surface area contributed by atoms with E-state index in [0.717, 1.165) is 12.5 Å². The van der Waals surface area contributed by atoms with Crippen LogP contribution in [0.2, 0.25) is 0 Å². The number of hydrogen-bond donors (Lipinski definition) is 1. The van der Waals surface area contributed by atoms with E-state index in [9.17, 15) is 18.4 Å². The maximum atomic E-state index is 12.5. The summed E-state index contributed by atoms with van der Waals surface area (Å²) >= 11 is 0. The van der Waals surface area contributed by atoms with Crippen molar-refractivity contribution in [3.8, 4) is 5.75 Å². The highest BCUT2D eigenvalue weighted by Gasteiger charge is 2.28. The normalized spacial score (nSPS) is 16.7. The number of benzene rings is 1. The molecule has 9 heteroatoms. The number of nitrogens with zero attached hydrogens (tertiary/aromatic N) is 1. The van der Waals surface area contributed by atoms with Crippen LogP contribution in [0.3, 0.4) is 0 Å². The molecule has 0 radical (unpaired) electrons. The fourth-order valence-corrected chi connectivity index (χ4v) is 2.58. The molecule has 2 atom stereocenters. The number of nitrogens with one attached hydrogen (secondary N) is 1. The van der Waals surface area contributed by atoms with Crippen LogP contribution in [-0.2, 0) is 14.3 Å². The first kappa shape index (κ1) is 26.0. The van der Waals surface area contributed by atoms with Gasteiger partial charge in [0.15, 0.2) is 11.6 Å². The van der Waals surface area contributed by atoms with Gasteiger partial charge < -0.3 is 19.5 Å². The second-order valence-electron chi connectivity index (χ2n) is 6.18. The monoisotopic (exact) mass is 438 g/mol. The van der Waals surface area contributed by atoms with E-state index in [1.54, 1.807) is 6.07 Å². The van der Waals surface area contributed by atoms with Crippen LogP contribution in [0.15, 0.2) is 36.5 Å². The van der Waals surface area contributed by atoms with Crippen LogP contribution in [0.25, 0.3) is 0 Å². The summed E-state index contributed by atoms with van der Waals surface area (Å²) in [6.07, 6.45) is 2.72. The van der Waals surface area contributed by atoms with E-state index in [-0.39, 0.29) is 23.5 Å². The topological polar surface area (TPSA) is 86.8 Å². The zero-order valence-corrected chi connectivity index (χ0v) is 18.3. The van der Waals surface area contributed by atoms with E-state index < -0.39 is 23.7 Å². The van der Waals surface area contributed by atoms with Crippen molar-refractivity contribution in [3.63, 3.8) is 0 Å². The summed E-state index contributed by atoms with van der Waals surface area (Å²) in [5.74, 6) is -2.64. The van der Waals surface area contributed by atoms with E-state index in [1.165, 1.54) is 38.6 Å². The van der Waals surface area contributed by atoms with Crippen molar-refractivity contribution in [1.82, 2.24) is 4.98 Å². The van der Waals surface area contributed by atoms with Crippen LogP contribution in [0.4, 0.5) is 14.5 Å². The molecular weight excluding hydrogens is 410 g/mol. The molecular formula is C22H28F2N2O5. The van der Waals surface area contributed by atoms with Gasteiger partial charge in [0, 0.05) is 11.9 Å². The Labute approximate surface area is 180 Å². The Hall–Kier alpha value is -3.07. The fraction of sp³-hybridized carbons (Fsp3) is 0.409. The number of carbonyl (C=O) groups excluding carboxylic acids is 2. The first-order chi connectivity index (χ1) is 14.8. The Bertz CT molecular complexity index is 864. The van der Waals surface area contributed by atoms with Gasteiger partial charge in [0.05, 0.1) is 20.3 Å². The van der Waals surface area contributed by atoms with Crippen molar-refractivity contribution in [2.75, 3.05) is 19.5 Å². The lowest BCUT2D eigenvalue weighted by Gasteiger charge is -2.11. The summed E-state index contributed by atoms with van der Waals surface area (Å²) in [4.78, 5) is 27.1. The number of amides is 1. The summed E-state index contributed by atoms with van der Waals surface area (Å²) < 4.78 is 39.4. The van der Waals surface area contributed by atoms with Gasteiger partial charge in [-0.1, -0.05) is 19.9 Å². The van der Waals surface area contributed by atoms with Crippen molar-refractivity contribution in [3.05, 3.63) is 53.9 Å². The Kier molecular flexibility index (Phi) is 11.1. The molecule has 0 bridgehead atoms. The van der Waals surface area contributed by atoms with Crippen molar-refractivity contribution in [1.29, 1.82) is 0 Å². The lowest BCUT2D eigenvalue weighted by atomic mass is 10.2. The quantitative estimate of drug-likeness (QED) is 0.714. The lowest BCUT2D eigenvalue weighted by molar-refractivity contribution is -0.126. The average molecular weight is 438 g/mol. The third-order valence-electron chi connectivity index (χ3n) is 4.08. The minimum absolute atomic E-state index is 0.0694. The fourth-order valence-electron chi connectivity index (χ4n) is 2.58. The highest BCUT2D eigenvalue weighted by molar-refractivity contribution is 5.95. The van der Waals surface area contributed by atoms with E-state index in [2.05, 4.69) is 19.8 Å². The maximum Gasteiger partial charge on any atom is 0.356 e. The number of pyridine rings is 1. The molecule has 1 aliphatic rings. The second-order valence-corrected chi connectivity index (χ2v) is 6.18. The van der Waals surface area contributed by atoms with Gasteiger partial charge in [0.25, 0.3) is 5.91 Å². The molecule has 0 saturated carbocycles. The number of aromatic nitrogens is 1. The Morgan fingerprint density at radius 2 is 1.87 bits per heavy atom. The molecule has 1 N–H and O–H groups in total. The number of hydrogen-bond acceptors (Lipinski definition) is 6. The molecule has 1 aliphatic heterocycles. The summed E-state index contributed by atoms with van der Waals surface area (Å²) in [6, 6.07) is 6.87. The van der Waals surface area contributed by atoms with Crippen molar-refractivity contribution >= 4 is 17.6 Å². The van der Waals surface area contributed by atoms with Crippen molar-refractivity contribution in [2.24, 2.45) is 0 Å². The standard InChI is InChI=1S/C13H16N2O4.C7H6F2O.C2H6/c1-8-3-4-11(19-8)12(16)15-9-5-6-14-10(7-9)13(17)18-2;1-10-6-4-2-3-5(8)7(6)9;1-2/h5-8,11H,3-4H2,1-2H3,(H,14,15,16);2-4H,1H3;1-2H3. The molecule has 31 heavy (non-hydrogen) atoms. The van der Waals surface area contributed by atoms with Gasteiger partial charge >= 0.3 is 5.97 Å². The summed E-state index contributed by atoms with van der Waals surface area (Å²) in [6.45, 7) is 5.94. The van der Waals surface area contributed by atoms with Crippen LogP contribution in [0.1, 0.15) is 44.1 Å². The van der Waals surface area contributed by atoms with Gasteiger partial charge in [-0.15, -0.1) is 0 Å². The van der Waals surface area contributed by atoms with E-state index in [4.69, 9.17) is 4.74 Å². The molecule has 170 valence electrons. The lowest BCUT2D eigenvalue weighted by Crippen LogP contribution is -2.27. The van der Waals surface area contributed by atoms with Crippen LogP contribution in [0, 0.1) is 11.6 Å². The molecule has 7 nitrogen and oxygen atoms in total. The summed E-state index contributed by atoms with van der Waals surface area (Å²) in [5.41, 5.74) is 0.657. The number of carbonyl (C=O) groups is 2. The van der Waals surface area contributed by atoms with Gasteiger partial charge in [-0.3, -0.25) is 4.79 Å². The Morgan fingerprint density at radius 1 is 1.16 bits per heavy atom. The Balaban J connectivity index is 0.000000337. The van der Waals surface area contributed by atoms with Gasteiger partial charge in [-0.05, 0) is 44.0 Å². The molecule has 1 amide bonds. The van der Waals surface area contributed by atoms with Crippen LogP contribution in [0.5, 0.6) is 5.75 Å². The molecule has 3 rings (SSSR count). The third kappa shape index (κ3) is 7.93. The molecule has 1 fully saturated rings. The molecule has 0 aliphatic carbocycles. The maximum absolute atomic E-state index is 12.5. The molecule has 2 heterocycles. The SMILES string of the molecule is CC.COC(=O)c1cc(NC(=O)C2CCC(C)O2)ccn1.COc1cccc(F)c1F. The minimum atomic E-state index is -0.940. The van der Waals surface area contributed by atoms with Crippen molar-refractivity contribution in [2.45, 2.75) is 45.8 Å².